The highest BCUT2D eigenvalue weighted by atomic mass is 16.5. The van der Waals surface area contributed by atoms with Gasteiger partial charge in [-0.1, -0.05) is 0 Å². The van der Waals surface area contributed by atoms with E-state index in [1.807, 2.05) is 18.5 Å². The molecule has 0 saturated carbocycles. The number of aromatic nitrogens is 3. The lowest BCUT2D eigenvalue weighted by molar-refractivity contribution is 0.0950. The summed E-state index contributed by atoms with van der Waals surface area (Å²) in [6, 6.07) is 5.50. The summed E-state index contributed by atoms with van der Waals surface area (Å²) < 4.78 is 17.8. The van der Waals surface area contributed by atoms with E-state index in [-0.39, 0.29) is 18.5 Å². The molecule has 0 bridgehead atoms. The molecule has 0 unspecified atom stereocenters. The van der Waals surface area contributed by atoms with Crippen LogP contribution in [0.2, 0.25) is 0 Å². The Balaban J connectivity index is 1.79. The summed E-state index contributed by atoms with van der Waals surface area (Å²) >= 11 is 0. The number of benzene rings is 1. The van der Waals surface area contributed by atoms with Crippen LogP contribution in [0.15, 0.2) is 30.6 Å². The molecule has 0 fully saturated rings. The maximum atomic E-state index is 12.6. The number of amides is 1. The predicted octanol–water partition coefficient (Wildman–Crippen LogP) is 2.97. The van der Waals surface area contributed by atoms with Crippen molar-refractivity contribution in [1.82, 2.24) is 20.1 Å². The summed E-state index contributed by atoms with van der Waals surface area (Å²) in [6.45, 7) is 4.34. The van der Waals surface area contributed by atoms with Crippen LogP contribution in [0.3, 0.4) is 0 Å². The monoisotopic (exact) mass is 384 g/mol. The van der Waals surface area contributed by atoms with Crippen molar-refractivity contribution in [3.05, 3.63) is 41.7 Å². The van der Waals surface area contributed by atoms with Crippen LogP contribution >= 0.6 is 0 Å². The van der Waals surface area contributed by atoms with Gasteiger partial charge in [-0.2, -0.15) is 5.10 Å². The molecule has 0 radical (unpaired) electrons. The average Bonchev–Trinajstić information content (AvgIpc) is 3.14. The highest BCUT2D eigenvalue weighted by Crippen LogP contribution is 2.34. The van der Waals surface area contributed by atoms with Gasteiger partial charge in [0.25, 0.3) is 5.91 Å². The summed E-state index contributed by atoms with van der Waals surface area (Å²) in [6.07, 6.45) is 3.28. The third-order valence-corrected chi connectivity index (χ3v) is 4.41. The molecular weight excluding hydrogens is 360 g/mol. The molecule has 148 valence electrons. The molecule has 0 aliphatic heterocycles. The molecule has 1 aromatic carbocycles. The van der Waals surface area contributed by atoms with Crippen molar-refractivity contribution in [2.24, 2.45) is 0 Å². The lowest BCUT2D eigenvalue weighted by Crippen LogP contribution is -2.23. The first-order chi connectivity index (χ1) is 13.5. The van der Waals surface area contributed by atoms with Gasteiger partial charge in [0.1, 0.15) is 5.75 Å². The summed E-state index contributed by atoms with van der Waals surface area (Å²) in [5.74, 6) is 1.50. The van der Waals surface area contributed by atoms with E-state index in [2.05, 4.69) is 15.4 Å². The number of carbonyl (C=O) groups excluding carboxylic acids is 1. The van der Waals surface area contributed by atoms with E-state index in [1.165, 1.54) is 0 Å². The van der Waals surface area contributed by atoms with E-state index in [1.54, 1.807) is 51.9 Å². The molecule has 0 atom stereocenters. The first kappa shape index (κ1) is 19.5. The van der Waals surface area contributed by atoms with E-state index in [0.29, 0.717) is 22.8 Å². The third-order valence-electron chi connectivity index (χ3n) is 4.41. The van der Waals surface area contributed by atoms with Gasteiger partial charge in [-0.15, -0.1) is 0 Å². The smallest absolute Gasteiger partial charge is 0.253 e. The lowest BCUT2D eigenvalue weighted by Gasteiger charge is -2.14. The van der Waals surface area contributed by atoms with E-state index in [0.717, 1.165) is 16.6 Å². The molecule has 1 N–H and O–H groups in total. The fourth-order valence-electron chi connectivity index (χ4n) is 2.95. The molecule has 28 heavy (non-hydrogen) atoms. The van der Waals surface area contributed by atoms with E-state index < -0.39 is 0 Å². The molecule has 3 aromatic rings. The number of hydrogen-bond donors (Lipinski definition) is 1. The van der Waals surface area contributed by atoms with E-state index in [4.69, 9.17) is 14.2 Å². The van der Waals surface area contributed by atoms with Crippen molar-refractivity contribution in [1.29, 1.82) is 0 Å². The molecule has 1 amide bonds. The van der Waals surface area contributed by atoms with Gasteiger partial charge in [-0.3, -0.25) is 4.79 Å². The maximum Gasteiger partial charge on any atom is 0.253 e. The van der Waals surface area contributed by atoms with Crippen LogP contribution in [0.4, 0.5) is 0 Å². The maximum absolute atomic E-state index is 12.6. The molecule has 8 heteroatoms. The summed E-state index contributed by atoms with van der Waals surface area (Å²) in [7, 11) is 4.69. The zero-order valence-corrected chi connectivity index (χ0v) is 16.6. The first-order valence-electron chi connectivity index (χ1n) is 8.88. The van der Waals surface area contributed by atoms with Crippen LogP contribution in [0.5, 0.6) is 17.2 Å². The second-order valence-electron chi connectivity index (χ2n) is 6.52. The number of fused-ring (bicyclic) bond motifs is 1. The third kappa shape index (κ3) is 3.71. The van der Waals surface area contributed by atoms with Crippen molar-refractivity contribution >= 4 is 16.9 Å². The minimum absolute atomic E-state index is 0.196. The van der Waals surface area contributed by atoms with Crippen LogP contribution < -0.4 is 19.5 Å². The number of ether oxygens (including phenoxy) is 3. The van der Waals surface area contributed by atoms with Gasteiger partial charge in [0, 0.05) is 35.8 Å². The van der Waals surface area contributed by atoms with Crippen molar-refractivity contribution in [3.8, 4) is 17.2 Å². The van der Waals surface area contributed by atoms with Crippen molar-refractivity contribution in [2.45, 2.75) is 26.4 Å². The summed E-state index contributed by atoms with van der Waals surface area (Å²) in [5, 5.41) is 8.04. The summed E-state index contributed by atoms with van der Waals surface area (Å²) in [5.41, 5.74) is 2.00. The molecular formula is C20H24N4O4. The molecule has 8 nitrogen and oxygen atoms in total. The Kier molecular flexibility index (Phi) is 5.67. The normalized spacial score (nSPS) is 10.9. The zero-order chi connectivity index (χ0) is 20.3. The molecule has 0 aliphatic carbocycles. The Morgan fingerprint density at radius 2 is 1.71 bits per heavy atom. The topological polar surface area (TPSA) is 87.5 Å². The van der Waals surface area contributed by atoms with Gasteiger partial charge in [0.2, 0.25) is 0 Å². The van der Waals surface area contributed by atoms with Gasteiger partial charge in [0.15, 0.2) is 17.1 Å². The average molecular weight is 384 g/mol. The fourth-order valence-corrected chi connectivity index (χ4v) is 2.95. The van der Waals surface area contributed by atoms with Gasteiger partial charge < -0.3 is 19.5 Å². The Bertz CT molecular complexity index is 997. The number of rotatable bonds is 7. The molecule has 0 aliphatic rings. The number of nitrogens with one attached hydrogen (secondary N) is 1. The second kappa shape index (κ2) is 8.16. The number of methoxy groups -OCH3 is 3. The lowest BCUT2D eigenvalue weighted by atomic mass is 10.1. The molecule has 0 saturated heterocycles. The standard InChI is InChI=1S/C20H24N4O4/c1-12(2)24-19-14(11-23-24)6-15(10-21-19)20(25)22-9-13-7-17(27-4)18(28-5)8-16(13)26-3/h6-8,10-12H,9H2,1-5H3,(H,22,25). The second-order valence-corrected chi connectivity index (χ2v) is 6.52. The first-order valence-corrected chi connectivity index (χ1v) is 8.88. The Morgan fingerprint density at radius 1 is 1.04 bits per heavy atom. The Labute approximate surface area is 163 Å². The molecule has 0 spiro atoms. The Morgan fingerprint density at radius 3 is 2.36 bits per heavy atom. The van der Waals surface area contributed by atoms with Crippen LogP contribution in [-0.2, 0) is 6.54 Å². The van der Waals surface area contributed by atoms with Crippen LogP contribution in [0, 0.1) is 0 Å². The number of nitrogens with zero attached hydrogens (tertiary/aromatic N) is 3. The number of hydrogen-bond acceptors (Lipinski definition) is 6. The minimum atomic E-state index is -0.233. The summed E-state index contributed by atoms with van der Waals surface area (Å²) in [4.78, 5) is 17.0. The highest BCUT2D eigenvalue weighted by Gasteiger charge is 2.15. The van der Waals surface area contributed by atoms with Crippen molar-refractivity contribution in [2.75, 3.05) is 21.3 Å². The van der Waals surface area contributed by atoms with Crippen LogP contribution in [0.25, 0.3) is 11.0 Å². The minimum Gasteiger partial charge on any atom is -0.496 e. The molecule has 2 aromatic heterocycles. The van der Waals surface area contributed by atoms with E-state index in [9.17, 15) is 4.79 Å². The zero-order valence-electron chi connectivity index (χ0n) is 16.6. The largest absolute Gasteiger partial charge is 0.496 e. The van der Waals surface area contributed by atoms with E-state index >= 15 is 0 Å². The quantitative estimate of drug-likeness (QED) is 0.674. The van der Waals surface area contributed by atoms with Crippen LogP contribution in [-0.4, -0.2) is 42.0 Å². The Hall–Kier alpha value is -3.29. The van der Waals surface area contributed by atoms with Crippen LogP contribution in [0.1, 0.15) is 35.8 Å². The molecule has 2 heterocycles. The highest BCUT2D eigenvalue weighted by molar-refractivity contribution is 5.96. The SMILES string of the molecule is COc1cc(OC)c(OC)cc1CNC(=O)c1cnc2c(cnn2C(C)C)c1. The van der Waals surface area contributed by atoms with Gasteiger partial charge in [0.05, 0.1) is 33.1 Å². The van der Waals surface area contributed by atoms with Crippen molar-refractivity contribution in [3.63, 3.8) is 0 Å². The van der Waals surface area contributed by atoms with Gasteiger partial charge in [-0.05, 0) is 26.0 Å². The van der Waals surface area contributed by atoms with Gasteiger partial charge in [-0.25, -0.2) is 9.67 Å². The van der Waals surface area contributed by atoms with Gasteiger partial charge >= 0.3 is 0 Å². The number of pyridine rings is 1. The van der Waals surface area contributed by atoms with Crippen molar-refractivity contribution < 1.29 is 19.0 Å². The number of carbonyl (C=O) groups is 1. The molecule has 3 rings (SSSR count). The fraction of sp³-hybridized carbons (Fsp3) is 0.350. The predicted molar refractivity (Wildman–Crippen MR) is 105 cm³/mol.